The van der Waals surface area contributed by atoms with Gasteiger partial charge in [0.05, 0.1) is 0 Å². The zero-order valence-electron chi connectivity index (χ0n) is 13.2. The number of nitrogens with zero attached hydrogens (tertiary/aromatic N) is 3. The van der Waals surface area contributed by atoms with Gasteiger partial charge in [0, 0.05) is 19.6 Å². The summed E-state index contributed by atoms with van der Waals surface area (Å²) in [6, 6.07) is 4.58. The number of halogens is 1. The van der Waals surface area contributed by atoms with Gasteiger partial charge in [0.2, 0.25) is 5.91 Å². The number of carbonyl (C=O) groups is 3. The van der Waals surface area contributed by atoms with Gasteiger partial charge in [-0.05, 0) is 37.0 Å². The first-order chi connectivity index (χ1) is 11.6. The highest BCUT2D eigenvalue weighted by Crippen LogP contribution is 2.31. The van der Waals surface area contributed by atoms with Crippen LogP contribution in [0.4, 0.5) is 9.18 Å². The van der Waals surface area contributed by atoms with Crippen molar-refractivity contribution in [1.82, 2.24) is 14.7 Å². The van der Waals surface area contributed by atoms with E-state index in [1.165, 1.54) is 12.1 Å². The van der Waals surface area contributed by atoms with Crippen LogP contribution in [-0.4, -0.2) is 57.7 Å². The van der Waals surface area contributed by atoms with E-state index in [1.54, 1.807) is 21.9 Å². The van der Waals surface area contributed by atoms with Crippen LogP contribution >= 0.6 is 0 Å². The monoisotopic (exact) mass is 331 g/mol. The quantitative estimate of drug-likeness (QED) is 0.786. The van der Waals surface area contributed by atoms with Crippen LogP contribution in [-0.2, 0) is 16.1 Å². The third kappa shape index (κ3) is 2.26. The van der Waals surface area contributed by atoms with Crippen LogP contribution in [0.5, 0.6) is 0 Å². The Bertz CT molecular complexity index is 684. The average Bonchev–Trinajstić information content (AvgIpc) is 3.23. The zero-order chi connectivity index (χ0) is 16.8. The highest BCUT2D eigenvalue weighted by molar-refractivity contribution is 6.08. The Morgan fingerprint density at radius 2 is 1.71 bits per heavy atom. The van der Waals surface area contributed by atoms with Gasteiger partial charge in [0.25, 0.3) is 5.91 Å². The first-order valence-corrected chi connectivity index (χ1v) is 8.23. The number of hydrogen-bond acceptors (Lipinski definition) is 3. The lowest BCUT2D eigenvalue weighted by Crippen LogP contribution is -2.46. The molecule has 3 saturated heterocycles. The van der Waals surface area contributed by atoms with E-state index in [2.05, 4.69) is 0 Å². The van der Waals surface area contributed by atoms with Gasteiger partial charge in [-0.3, -0.25) is 9.59 Å². The summed E-state index contributed by atoms with van der Waals surface area (Å²) in [6.07, 6.45) is 1.98. The summed E-state index contributed by atoms with van der Waals surface area (Å²) in [7, 11) is 0. The number of carbonyl (C=O) groups excluding carboxylic acids is 3. The van der Waals surface area contributed by atoms with E-state index in [0.717, 1.165) is 16.9 Å². The summed E-state index contributed by atoms with van der Waals surface area (Å²) < 4.78 is 13.0. The van der Waals surface area contributed by atoms with Gasteiger partial charge in [0.15, 0.2) is 0 Å². The van der Waals surface area contributed by atoms with Crippen LogP contribution in [0, 0.1) is 5.82 Å². The number of imide groups is 1. The minimum absolute atomic E-state index is 0.206. The molecular weight excluding hydrogens is 313 g/mol. The molecule has 1 aromatic rings. The van der Waals surface area contributed by atoms with Crippen molar-refractivity contribution >= 4 is 17.8 Å². The Balaban J connectivity index is 1.48. The second-order valence-electron chi connectivity index (χ2n) is 6.53. The maximum Gasteiger partial charge on any atom is 0.328 e. The molecule has 0 unspecified atom stereocenters. The number of benzene rings is 1. The van der Waals surface area contributed by atoms with E-state index in [1.807, 2.05) is 0 Å². The fourth-order valence-electron chi connectivity index (χ4n) is 3.86. The molecule has 0 N–H and O–H groups in total. The first-order valence-electron chi connectivity index (χ1n) is 8.23. The van der Waals surface area contributed by atoms with E-state index in [0.29, 0.717) is 32.5 Å². The van der Waals surface area contributed by atoms with Crippen molar-refractivity contribution in [3.05, 3.63) is 35.6 Å². The number of urea groups is 1. The van der Waals surface area contributed by atoms with Crippen molar-refractivity contribution in [2.24, 2.45) is 0 Å². The predicted molar refractivity (Wildman–Crippen MR) is 82.2 cm³/mol. The summed E-state index contributed by atoms with van der Waals surface area (Å²) in [5.74, 6) is -0.764. The lowest BCUT2D eigenvalue weighted by atomic mass is 10.1. The van der Waals surface area contributed by atoms with Crippen molar-refractivity contribution in [2.75, 3.05) is 13.1 Å². The summed E-state index contributed by atoms with van der Waals surface area (Å²) in [4.78, 5) is 42.0. The van der Waals surface area contributed by atoms with E-state index >= 15 is 0 Å². The molecule has 1 aromatic carbocycles. The molecule has 0 aromatic heterocycles. The Labute approximate surface area is 138 Å². The molecule has 3 heterocycles. The van der Waals surface area contributed by atoms with Crippen LogP contribution in [0.3, 0.4) is 0 Å². The molecule has 6 nitrogen and oxygen atoms in total. The fraction of sp³-hybridized carbons (Fsp3) is 0.471. The Hall–Kier alpha value is -2.44. The molecule has 3 aliphatic heterocycles. The smallest absolute Gasteiger partial charge is 0.328 e. The zero-order valence-corrected chi connectivity index (χ0v) is 13.2. The molecular formula is C17H18FN3O3. The van der Waals surface area contributed by atoms with Gasteiger partial charge < -0.3 is 9.80 Å². The van der Waals surface area contributed by atoms with Crippen LogP contribution in [0.15, 0.2) is 24.3 Å². The Morgan fingerprint density at radius 3 is 2.42 bits per heavy atom. The molecule has 126 valence electrons. The molecule has 3 aliphatic rings. The maximum absolute atomic E-state index is 13.0. The van der Waals surface area contributed by atoms with E-state index in [-0.39, 0.29) is 29.7 Å². The van der Waals surface area contributed by atoms with Crippen LogP contribution in [0.1, 0.15) is 24.8 Å². The van der Waals surface area contributed by atoms with Gasteiger partial charge in [-0.2, -0.15) is 0 Å². The third-order valence-corrected chi connectivity index (χ3v) is 5.09. The number of amides is 4. The molecule has 4 amide bonds. The Kier molecular flexibility index (Phi) is 3.51. The second-order valence-corrected chi connectivity index (χ2v) is 6.53. The van der Waals surface area contributed by atoms with Crippen LogP contribution < -0.4 is 0 Å². The van der Waals surface area contributed by atoms with Gasteiger partial charge in [0.1, 0.15) is 17.9 Å². The van der Waals surface area contributed by atoms with Crippen molar-refractivity contribution < 1.29 is 18.8 Å². The molecule has 3 fully saturated rings. The molecule has 0 radical (unpaired) electrons. The molecule has 24 heavy (non-hydrogen) atoms. The number of fused-ring (bicyclic) bond motifs is 1. The Morgan fingerprint density at radius 1 is 0.958 bits per heavy atom. The van der Waals surface area contributed by atoms with E-state index < -0.39 is 6.04 Å². The minimum Gasteiger partial charge on any atom is -0.336 e. The minimum atomic E-state index is -0.698. The van der Waals surface area contributed by atoms with E-state index in [9.17, 15) is 18.8 Å². The number of rotatable bonds is 3. The normalized spacial score (nSPS) is 26.7. The van der Waals surface area contributed by atoms with Crippen molar-refractivity contribution in [3.63, 3.8) is 0 Å². The molecule has 0 aliphatic carbocycles. The second kappa shape index (κ2) is 5.58. The number of likely N-dealkylation sites (tertiary alicyclic amines) is 1. The standard InChI is InChI=1S/C17H18FN3O3/c18-12-5-3-11(4-6-12)10-19-9-7-14(15(19)22)21-16(23)13-2-1-8-20(13)17(21)24/h3-6,13-14H,1-2,7-10H2/t13-,14+/m1/s1. The van der Waals surface area contributed by atoms with Crippen molar-refractivity contribution in [3.8, 4) is 0 Å². The molecule has 4 rings (SSSR count). The van der Waals surface area contributed by atoms with Gasteiger partial charge in [-0.15, -0.1) is 0 Å². The molecule has 2 atom stereocenters. The van der Waals surface area contributed by atoms with Crippen molar-refractivity contribution in [2.45, 2.75) is 37.9 Å². The molecule has 0 bridgehead atoms. The maximum atomic E-state index is 13.0. The topological polar surface area (TPSA) is 60.9 Å². The number of hydrogen-bond donors (Lipinski definition) is 0. The fourth-order valence-corrected chi connectivity index (χ4v) is 3.86. The van der Waals surface area contributed by atoms with Gasteiger partial charge in [-0.1, -0.05) is 12.1 Å². The van der Waals surface area contributed by atoms with Crippen LogP contribution in [0.2, 0.25) is 0 Å². The summed E-state index contributed by atoms with van der Waals surface area (Å²) in [5.41, 5.74) is 0.824. The molecule has 0 spiro atoms. The highest BCUT2D eigenvalue weighted by atomic mass is 19.1. The summed E-state index contributed by atoms with van der Waals surface area (Å²) in [6.45, 7) is 1.44. The molecule has 7 heteroatoms. The highest BCUT2D eigenvalue weighted by Gasteiger charge is 2.53. The summed E-state index contributed by atoms with van der Waals surface area (Å²) in [5, 5.41) is 0. The lowest BCUT2D eigenvalue weighted by molar-refractivity contribution is -0.138. The average molecular weight is 331 g/mol. The van der Waals surface area contributed by atoms with Gasteiger partial charge >= 0.3 is 6.03 Å². The largest absolute Gasteiger partial charge is 0.336 e. The van der Waals surface area contributed by atoms with Crippen LogP contribution in [0.25, 0.3) is 0 Å². The summed E-state index contributed by atoms with van der Waals surface area (Å²) >= 11 is 0. The predicted octanol–water partition coefficient (Wildman–Crippen LogP) is 1.35. The van der Waals surface area contributed by atoms with Crippen molar-refractivity contribution in [1.29, 1.82) is 0 Å². The molecule has 0 saturated carbocycles. The van der Waals surface area contributed by atoms with E-state index in [4.69, 9.17) is 0 Å². The SMILES string of the molecule is O=C1[C@@H](N2C(=O)[C@H]3CCCN3C2=O)CCN1Cc1ccc(F)cc1. The third-order valence-electron chi connectivity index (χ3n) is 5.09. The lowest BCUT2D eigenvalue weighted by Gasteiger charge is -2.22. The van der Waals surface area contributed by atoms with Gasteiger partial charge in [-0.25, -0.2) is 14.1 Å². The first kappa shape index (κ1) is 15.1.